The van der Waals surface area contributed by atoms with Crippen LogP contribution in [0.4, 0.5) is 5.82 Å². The monoisotopic (exact) mass is 288 g/mol. The Bertz CT molecular complexity index is 566. The van der Waals surface area contributed by atoms with E-state index < -0.39 is 0 Å². The van der Waals surface area contributed by atoms with Crippen molar-refractivity contribution in [2.24, 2.45) is 0 Å². The zero-order valence-electron chi connectivity index (χ0n) is 13.3. The first-order valence-corrected chi connectivity index (χ1v) is 7.78. The number of nitrogens with one attached hydrogen (secondary N) is 1. The van der Waals surface area contributed by atoms with Crippen LogP contribution in [0.3, 0.4) is 0 Å². The van der Waals surface area contributed by atoms with Crippen molar-refractivity contribution < 1.29 is 0 Å². The Hall–Kier alpha value is -1.98. The molecule has 0 saturated carbocycles. The van der Waals surface area contributed by atoms with E-state index in [1.165, 1.54) is 0 Å². The van der Waals surface area contributed by atoms with Gasteiger partial charge in [0.05, 0.1) is 0 Å². The molecule has 2 heterocycles. The second-order valence-corrected chi connectivity index (χ2v) is 4.87. The van der Waals surface area contributed by atoms with Crippen LogP contribution in [0.1, 0.15) is 51.6 Å². The SMILES string of the molecule is CCCc1nc(NCC)cc(-n2nc(CC)nc2CC)n1. The van der Waals surface area contributed by atoms with E-state index in [1.54, 1.807) is 0 Å². The van der Waals surface area contributed by atoms with Crippen LogP contribution in [-0.2, 0) is 19.3 Å². The first-order chi connectivity index (χ1) is 10.2. The summed E-state index contributed by atoms with van der Waals surface area (Å²) in [5.74, 6) is 4.29. The molecule has 0 aromatic carbocycles. The van der Waals surface area contributed by atoms with E-state index in [2.05, 4.69) is 53.1 Å². The Morgan fingerprint density at radius 2 is 1.81 bits per heavy atom. The molecule has 0 unspecified atom stereocenters. The summed E-state index contributed by atoms with van der Waals surface area (Å²) in [6.45, 7) is 9.17. The lowest BCUT2D eigenvalue weighted by Gasteiger charge is -2.09. The average molecular weight is 288 g/mol. The summed E-state index contributed by atoms with van der Waals surface area (Å²) in [4.78, 5) is 13.7. The lowest BCUT2D eigenvalue weighted by atomic mass is 10.3. The molecule has 0 fully saturated rings. The second-order valence-electron chi connectivity index (χ2n) is 4.87. The third-order valence-corrected chi connectivity index (χ3v) is 3.16. The van der Waals surface area contributed by atoms with Gasteiger partial charge in [-0.1, -0.05) is 20.8 Å². The molecule has 0 atom stereocenters. The predicted molar refractivity (Wildman–Crippen MR) is 83.9 cm³/mol. The van der Waals surface area contributed by atoms with Crippen molar-refractivity contribution in [3.8, 4) is 5.82 Å². The van der Waals surface area contributed by atoms with Crippen LogP contribution in [-0.4, -0.2) is 31.3 Å². The van der Waals surface area contributed by atoms with Gasteiger partial charge in [-0.15, -0.1) is 5.10 Å². The molecule has 0 radical (unpaired) electrons. The third-order valence-electron chi connectivity index (χ3n) is 3.16. The molecule has 0 aliphatic rings. The normalized spacial score (nSPS) is 10.9. The van der Waals surface area contributed by atoms with E-state index in [9.17, 15) is 0 Å². The van der Waals surface area contributed by atoms with Gasteiger partial charge in [0.1, 0.15) is 17.5 Å². The van der Waals surface area contributed by atoms with E-state index in [-0.39, 0.29) is 0 Å². The van der Waals surface area contributed by atoms with Gasteiger partial charge < -0.3 is 5.32 Å². The smallest absolute Gasteiger partial charge is 0.161 e. The zero-order valence-corrected chi connectivity index (χ0v) is 13.3. The van der Waals surface area contributed by atoms with Crippen LogP contribution in [0.25, 0.3) is 5.82 Å². The Balaban J connectivity index is 2.48. The molecule has 2 aromatic heterocycles. The molecular weight excluding hydrogens is 264 g/mol. The Morgan fingerprint density at radius 3 is 2.43 bits per heavy atom. The number of aromatic nitrogens is 5. The zero-order chi connectivity index (χ0) is 15.2. The fourth-order valence-corrected chi connectivity index (χ4v) is 2.15. The lowest BCUT2D eigenvalue weighted by molar-refractivity contribution is 0.744. The fourth-order valence-electron chi connectivity index (χ4n) is 2.15. The molecule has 0 amide bonds. The van der Waals surface area contributed by atoms with E-state index in [0.29, 0.717) is 0 Å². The van der Waals surface area contributed by atoms with Gasteiger partial charge >= 0.3 is 0 Å². The van der Waals surface area contributed by atoms with Crippen molar-refractivity contribution in [1.29, 1.82) is 0 Å². The molecule has 0 aliphatic heterocycles. The highest BCUT2D eigenvalue weighted by Crippen LogP contribution is 2.14. The third kappa shape index (κ3) is 3.56. The van der Waals surface area contributed by atoms with Crippen molar-refractivity contribution in [2.75, 3.05) is 11.9 Å². The molecule has 114 valence electrons. The molecule has 0 spiro atoms. The fraction of sp³-hybridized carbons (Fsp3) is 0.600. The summed E-state index contributed by atoms with van der Waals surface area (Å²) in [7, 11) is 0. The standard InChI is InChI=1S/C15H24N6/c1-5-9-12-17-13(16-8-4)10-15(19-12)21-14(7-3)18-11(6-2)20-21/h10H,5-9H2,1-4H3,(H,16,17,19). The van der Waals surface area contributed by atoms with Crippen LogP contribution < -0.4 is 5.32 Å². The van der Waals surface area contributed by atoms with E-state index in [0.717, 1.165) is 61.3 Å². The van der Waals surface area contributed by atoms with E-state index in [1.807, 2.05) is 10.7 Å². The minimum Gasteiger partial charge on any atom is -0.370 e. The number of nitrogens with zero attached hydrogens (tertiary/aromatic N) is 5. The van der Waals surface area contributed by atoms with Crippen LogP contribution in [0, 0.1) is 0 Å². The Kier molecular flexibility index (Phi) is 5.25. The van der Waals surface area contributed by atoms with Crippen LogP contribution in [0.5, 0.6) is 0 Å². The van der Waals surface area contributed by atoms with Crippen LogP contribution >= 0.6 is 0 Å². The molecule has 0 bridgehead atoms. The molecule has 6 nitrogen and oxygen atoms in total. The molecule has 0 aliphatic carbocycles. The first kappa shape index (κ1) is 15.4. The molecule has 21 heavy (non-hydrogen) atoms. The predicted octanol–water partition coefficient (Wildman–Crippen LogP) is 2.57. The van der Waals surface area contributed by atoms with E-state index in [4.69, 9.17) is 0 Å². The summed E-state index contributed by atoms with van der Waals surface area (Å²) >= 11 is 0. The summed E-state index contributed by atoms with van der Waals surface area (Å²) < 4.78 is 1.85. The summed E-state index contributed by atoms with van der Waals surface area (Å²) in [6, 6.07) is 1.94. The maximum Gasteiger partial charge on any atom is 0.161 e. The first-order valence-electron chi connectivity index (χ1n) is 7.78. The number of anilines is 1. The van der Waals surface area contributed by atoms with Crippen LogP contribution in [0.2, 0.25) is 0 Å². The van der Waals surface area contributed by atoms with Gasteiger partial charge in [0.15, 0.2) is 11.6 Å². The highest BCUT2D eigenvalue weighted by Gasteiger charge is 2.12. The lowest BCUT2D eigenvalue weighted by Crippen LogP contribution is -2.10. The van der Waals surface area contributed by atoms with Crippen molar-refractivity contribution in [2.45, 2.75) is 53.4 Å². The quantitative estimate of drug-likeness (QED) is 0.848. The van der Waals surface area contributed by atoms with Gasteiger partial charge in [0.25, 0.3) is 0 Å². The molecular formula is C15H24N6. The van der Waals surface area contributed by atoms with Crippen molar-refractivity contribution in [3.63, 3.8) is 0 Å². The largest absolute Gasteiger partial charge is 0.370 e. The Morgan fingerprint density at radius 1 is 1.00 bits per heavy atom. The maximum atomic E-state index is 4.64. The minimum absolute atomic E-state index is 0.799. The molecule has 1 N–H and O–H groups in total. The second kappa shape index (κ2) is 7.15. The van der Waals surface area contributed by atoms with Crippen molar-refractivity contribution in [3.05, 3.63) is 23.5 Å². The molecule has 2 aromatic rings. The van der Waals surface area contributed by atoms with Gasteiger partial charge in [-0.05, 0) is 13.3 Å². The van der Waals surface area contributed by atoms with Crippen molar-refractivity contribution in [1.82, 2.24) is 24.7 Å². The van der Waals surface area contributed by atoms with Gasteiger partial charge in [-0.2, -0.15) is 4.68 Å². The number of hydrogen-bond donors (Lipinski definition) is 1. The van der Waals surface area contributed by atoms with Crippen molar-refractivity contribution >= 4 is 5.82 Å². The van der Waals surface area contributed by atoms with E-state index >= 15 is 0 Å². The molecule has 6 heteroatoms. The van der Waals surface area contributed by atoms with Gasteiger partial charge in [0.2, 0.25) is 0 Å². The van der Waals surface area contributed by atoms with Gasteiger partial charge in [0, 0.05) is 31.9 Å². The highest BCUT2D eigenvalue weighted by molar-refractivity contribution is 5.41. The highest BCUT2D eigenvalue weighted by atomic mass is 15.4. The summed E-state index contributed by atoms with van der Waals surface area (Å²) in [5, 5.41) is 7.82. The molecule has 2 rings (SSSR count). The number of hydrogen-bond acceptors (Lipinski definition) is 5. The minimum atomic E-state index is 0.799. The topological polar surface area (TPSA) is 68.5 Å². The Labute approximate surface area is 126 Å². The van der Waals surface area contributed by atoms with Crippen LogP contribution in [0.15, 0.2) is 6.07 Å². The van der Waals surface area contributed by atoms with Gasteiger partial charge in [-0.3, -0.25) is 0 Å². The number of aryl methyl sites for hydroxylation is 3. The average Bonchev–Trinajstić information content (AvgIpc) is 2.91. The number of rotatable bonds is 7. The molecule has 0 saturated heterocycles. The maximum absolute atomic E-state index is 4.64. The van der Waals surface area contributed by atoms with Gasteiger partial charge in [-0.25, -0.2) is 15.0 Å². The summed E-state index contributed by atoms with van der Waals surface area (Å²) in [6.07, 6.45) is 3.54. The summed E-state index contributed by atoms with van der Waals surface area (Å²) in [5.41, 5.74) is 0.